The van der Waals surface area contributed by atoms with Crippen molar-refractivity contribution in [2.75, 3.05) is 25.0 Å². The number of hydrogen-bond acceptors (Lipinski definition) is 4. The molecule has 2 N–H and O–H groups in total. The number of likely N-dealkylation sites (tertiary alicyclic amines) is 1. The zero-order valence-electron chi connectivity index (χ0n) is 17.6. The number of piperidine rings is 1. The lowest BCUT2D eigenvalue weighted by Gasteiger charge is -2.32. The van der Waals surface area contributed by atoms with Gasteiger partial charge in [-0.05, 0) is 62.1 Å². The number of rotatable bonds is 7. The fraction of sp³-hybridized carbons (Fsp3) is 0.391. The smallest absolute Gasteiger partial charge is 0.251 e. The second kappa shape index (κ2) is 10.7. The third-order valence-electron chi connectivity index (χ3n) is 5.36. The van der Waals surface area contributed by atoms with Crippen LogP contribution in [0.2, 0.25) is 0 Å². The van der Waals surface area contributed by atoms with Gasteiger partial charge in [0.25, 0.3) is 5.91 Å². The summed E-state index contributed by atoms with van der Waals surface area (Å²) in [4.78, 5) is 43.1. The molecule has 1 unspecified atom stereocenters. The van der Waals surface area contributed by atoms with Crippen LogP contribution in [0.3, 0.4) is 0 Å². The number of amides is 3. The lowest BCUT2D eigenvalue weighted by Crippen LogP contribution is -2.44. The number of nitrogens with one attached hydrogen (secondary N) is 2. The summed E-state index contributed by atoms with van der Waals surface area (Å²) in [5.74, 6) is -0.559. The molecule has 31 heavy (non-hydrogen) atoms. The summed E-state index contributed by atoms with van der Waals surface area (Å²) in [6.07, 6.45) is 3.92. The maximum absolute atomic E-state index is 12.9. The summed E-state index contributed by atoms with van der Waals surface area (Å²) in [5, 5.41) is 5.60. The normalized spacial score (nSPS) is 15.9. The summed E-state index contributed by atoms with van der Waals surface area (Å²) in [7, 11) is 0. The molecule has 1 aliphatic heterocycles. The molecule has 1 atom stereocenters. The van der Waals surface area contributed by atoms with Gasteiger partial charge in [0.2, 0.25) is 11.8 Å². The van der Waals surface area contributed by atoms with E-state index in [4.69, 9.17) is 0 Å². The van der Waals surface area contributed by atoms with Crippen molar-refractivity contribution in [3.8, 4) is 0 Å². The molecule has 0 spiro atoms. The molecule has 2 aromatic rings. The molecule has 3 amide bonds. The van der Waals surface area contributed by atoms with Gasteiger partial charge in [-0.1, -0.05) is 6.07 Å². The second-order valence-corrected chi connectivity index (χ2v) is 7.70. The fourth-order valence-electron chi connectivity index (χ4n) is 3.56. The molecule has 7 nitrogen and oxygen atoms in total. The topological polar surface area (TPSA) is 91.4 Å². The molecule has 1 aromatic carbocycles. The summed E-state index contributed by atoms with van der Waals surface area (Å²) in [6.45, 7) is 3.25. The van der Waals surface area contributed by atoms with Crippen LogP contribution in [0.15, 0.2) is 42.6 Å². The molecule has 3 rings (SSSR count). The lowest BCUT2D eigenvalue weighted by atomic mass is 9.96. The van der Waals surface area contributed by atoms with Crippen molar-refractivity contribution >= 4 is 23.5 Å². The quantitative estimate of drug-likeness (QED) is 0.666. The molecule has 0 saturated carbocycles. The van der Waals surface area contributed by atoms with Gasteiger partial charge in [-0.25, -0.2) is 9.37 Å². The molecule has 1 aliphatic rings. The van der Waals surface area contributed by atoms with Gasteiger partial charge < -0.3 is 15.5 Å². The maximum atomic E-state index is 12.9. The molecule has 8 heteroatoms. The molecule has 2 heterocycles. The summed E-state index contributed by atoms with van der Waals surface area (Å²) >= 11 is 0. The number of aryl methyl sites for hydroxylation is 1. The van der Waals surface area contributed by atoms with Crippen LogP contribution >= 0.6 is 0 Å². The number of hydrogen-bond donors (Lipinski definition) is 2. The van der Waals surface area contributed by atoms with Crippen LogP contribution in [0.25, 0.3) is 0 Å². The second-order valence-electron chi connectivity index (χ2n) is 7.70. The van der Waals surface area contributed by atoms with Crippen LogP contribution in [0.4, 0.5) is 10.2 Å². The maximum Gasteiger partial charge on any atom is 0.251 e. The Morgan fingerprint density at radius 1 is 1.19 bits per heavy atom. The van der Waals surface area contributed by atoms with E-state index in [1.54, 1.807) is 11.1 Å². The Kier molecular flexibility index (Phi) is 7.70. The van der Waals surface area contributed by atoms with E-state index in [-0.39, 0.29) is 30.1 Å². The summed E-state index contributed by atoms with van der Waals surface area (Å²) in [6, 6.07) is 9.00. The molecule has 0 aliphatic carbocycles. The third kappa shape index (κ3) is 6.34. The van der Waals surface area contributed by atoms with E-state index in [1.165, 1.54) is 24.3 Å². The highest BCUT2D eigenvalue weighted by atomic mass is 19.1. The van der Waals surface area contributed by atoms with E-state index in [1.807, 2.05) is 19.1 Å². The minimum absolute atomic E-state index is 0.0254. The number of anilines is 1. The average Bonchev–Trinajstić information content (AvgIpc) is 2.78. The summed E-state index contributed by atoms with van der Waals surface area (Å²) in [5.41, 5.74) is 1.27. The van der Waals surface area contributed by atoms with Gasteiger partial charge in [0.15, 0.2) is 0 Å². The van der Waals surface area contributed by atoms with Gasteiger partial charge >= 0.3 is 0 Å². The fourth-order valence-corrected chi connectivity index (χ4v) is 3.56. The van der Waals surface area contributed by atoms with Gasteiger partial charge in [0.05, 0.1) is 5.92 Å². The van der Waals surface area contributed by atoms with Crippen molar-refractivity contribution in [3.05, 3.63) is 59.5 Å². The molecule has 0 bridgehead atoms. The minimum atomic E-state index is -0.397. The molecule has 1 aromatic heterocycles. The van der Waals surface area contributed by atoms with Crippen LogP contribution < -0.4 is 10.6 Å². The molecule has 164 valence electrons. The number of benzene rings is 1. The standard InChI is InChI=1S/C23H27FN4O3/c1-16-5-2-12-25-21(16)27-23(31)18-6-4-14-28(15-18)20(29)7-3-13-26-22(30)17-8-10-19(24)11-9-17/h2,5,8-12,18H,3-4,6-7,13-15H2,1H3,(H,26,30)(H,25,27,31). The van der Waals surface area contributed by atoms with Crippen molar-refractivity contribution in [3.63, 3.8) is 0 Å². The predicted molar refractivity (Wildman–Crippen MR) is 115 cm³/mol. The molecule has 1 fully saturated rings. The van der Waals surface area contributed by atoms with Gasteiger partial charge in [0, 0.05) is 37.8 Å². The lowest BCUT2D eigenvalue weighted by molar-refractivity contribution is -0.134. The number of carbonyl (C=O) groups is 3. The van der Waals surface area contributed by atoms with Gasteiger partial charge in [-0.2, -0.15) is 0 Å². The van der Waals surface area contributed by atoms with E-state index in [0.717, 1.165) is 18.4 Å². The predicted octanol–water partition coefficient (Wildman–Crippen LogP) is 2.92. The van der Waals surface area contributed by atoms with Crippen molar-refractivity contribution in [2.24, 2.45) is 5.92 Å². The Morgan fingerprint density at radius 2 is 1.97 bits per heavy atom. The first kappa shape index (κ1) is 22.4. The van der Waals surface area contributed by atoms with Crippen LogP contribution in [0, 0.1) is 18.7 Å². The molecular formula is C23H27FN4O3. The third-order valence-corrected chi connectivity index (χ3v) is 5.36. The Labute approximate surface area is 181 Å². The van der Waals surface area contributed by atoms with Crippen molar-refractivity contribution in [2.45, 2.75) is 32.6 Å². The monoisotopic (exact) mass is 426 g/mol. The Morgan fingerprint density at radius 3 is 2.71 bits per heavy atom. The van der Waals surface area contributed by atoms with Crippen LogP contribution in [0.5, 0.6) is 0 Å². The van der Waals surface area contributed by atoms with Crippen LogP contribution in [-0.2, 0) is 9.59 Å². The first-order valence-corrected chi connectivity index (χ1v) is 10.5. The highest BCUT2D eigenvalue weighted by molar-refractivity contribution is 5.94. The minimum Gasteiger partial charge on any atom is -0.352 e. The first-order chi connectivity index (χ1) is 14.9. The zero-order valence-corrected chi connectivity index (χ0v) is 17.6. The van der Waals surface area contributed by atoms with Crippen molar-refractivity contribution in [1.82, 2.24) is 15.2 Å². The summed E-state index contributed by atoms with van der Waals surface area (Å²) < 4.78 is 12.9. The van der Waals surface area contributed by atoms with Crippen LogP contribution in [0.1, 0.15) is 41.6 Å². The highest BCUT2D eigenvalue weighted by Gasteiger charge is 2.28. The van der Waals surface area contributed by atoms with Gasteiger partial charge in [0.1, 0.15) is 11.6 Å². The average molecular weight is 426 g/mol. The Bertz CT molecular complexity index is 933. The Hall–Kier alpha value is -3.29. The largest absolute Gasteiger partial charge is 0.352 e. The van der Waals surface area contributed by atoms with E-state index in [9.17, 15) is 18.8 Å². The van der Waals surface area contributed by atoms with Crippen LogP contribution in [-0.4, -0.2) is 47.2 Å². The SMILES string of the molecule is Cc1cccnc1NC(=O)C1CCCN(C(=O)CCCNC(=O)c2ccc(F)cc2)C1. The molecule has 1 saturated heterocycles. The van der Waals surface area contributed by atoms with E-state index >= 15 is 0 Å². The molecule has 0 radical (unpaired) electrons. The number of halogens is 1. The number of pyridine rings is 1. The van der Waals surface area contributed by atoms with E-state index < -0.39 is 5.82 Å². The zero-order chi connectivity index (χ0) is 22.2. The highest BCUT2D eigenvalue weighted by Crippen LogP contribution is 2.20. The first-order valence-electron chi connectivity index (χ1n) is 10.5. The van der Waals surface area contributed by atoms with Gasteiger partial charge in [-0.15, -0.1) is 0 Å². The number of aromatic nitrogens is 1. The van der Waals surface area contributed by atoms with E-state index in [2.05, 4.69) is 15.6 Å². The Balaban J connectivity index is 1.42. The number of carbonyl (C=O) groups excluding carboxylic acids is 3. The van der Waals surface area contributed by atoms with Crippen molar-refractivity contribution < 1.29 is 18.8 Å². The van der Waals surface area contributed by atoms with Crippen molar-refractivity contribution in [1.29, 1.82) is 0 Å². The number of nitrogens with zero attached hydrogens (tertiary/aromatic N) is 2. The van der Waals surface area contributed by atoms with Gasteiger partial charge in [-0.3, -0.25) is 14.4 Å². The van der Waals surface area contributed by atoms with E-state index in [0.29, 0.717) is 37.4 Å². The molecular weight excluding hydrogens is 399 g/mol.